The van der Waals surface area contributed by atoms with Crippen LogP contribution >= 0.6 is 11.3 Å². The summed E-state index contributed by atoms with van der Waals surface area (Å²) in [5, 5.41) is 13.6. The van der Waals surface area contributed by atoms with Gasteiger partial charge in [-0.1, -0.05) is 11.2 Å². The van der Waals surface area contributed by atoms with E-state index in [1.165, 1.54) is 18.4 Å². The van der Waals surface area contributed by atoms with Crippen LogP contribution in [0.25, 0.3) is 11.5 Å². The molecular formula is C12H11N5O2S. The van der Waals surface area contributed by atoms with Crippen LogP contribution in [0, 0.1) is 0 Å². The first-order chi connectivity index (χ1) is 9.78. The van der Waals surface area contributed by atoms with Crippen LogP contribution in [-0.4, -0.2) is 27.4 Å². The normalized spacial score (nSPS) is 12.3. The Morgan fingerprint density at radius 2 is 2.20 bits per heavy atom. The molecule has 0 aromatic carbocycles. The molecule has 0 saturated heterocycles. The molecule has 1 unspecified atom stereocenters. The molecule has 0 fully saturated rings. The van der Waals surface area contributed by atoms with E-state index in [4.69, 9.17) is 15.0 Å². The fourth-order valence-electron chi connectivity index (χ4n) is 1.60. The highest BCUT2D eigenvalue weighted by atomic mass is 32.1. The number of thiophene rings is 1. The van der Waals surface area contributed by atoms with Gasteiger partial charge in [0.2, 0.25) is 17.6 Å². The Balaban J connectivity index is 1.86. The highest BCUT2D eigenvalue weighted by Gasteiger charge is 2.19. The number of hydrogen-bond donors (Lipinski definition) is 1. The average Bonchev–Trinajstić information content (AvgIpc) is 3.18. The van der Waals surface area contributed by atoms with Crippen molar-refractivity contribution >= 4 is 11.3 Å². The predicted octanol–water partition coefficient (Wildman–Crippen LogP) is 1.64. The Kier molecular flexibility index (Phi) is 3.40. The minimum atomic E-state index is -0.428. The van der Waals surface area contributed by atoms with Crippen molar-refractivity contribution in [3.05, 3.63) is 40.4 Å². The first-order valence-electron chi connectivity index (χ1n) is 5.78. The highest BCUT2D eigenvalue weighted by molar-refractivity contribution is 7.10. The van der Waals surface area contributed by atoms with Gasteiger partial charge in [0.1, 0.15) is 11.7 Å². The molecule has 3 heterocycles. The molecule has 20 heavy (non-hydrogen) atoms. The van der Waals surface area contributed by atoms with Crippen molar-refractivity contribution in [3.8, 4) is 17.4 Å². The molecule has 0 spiro atoms. The molecule has 0 aliphatic rings. The fourth-order valence-corrected chi connectivity index (χ4v) is 2.32. The number of aromatic nitrogens is 4. The second kappa shape index (κ2) is 5.35. The summed E-state index contributed by atoms with van der Waals surface area (Å²) in [7, 11) is 1.52. The van der Waals surface area contributed by atoms with Crippen molar-refractivity contribution < 1.29 is 9.26 Å². The minimum absolute atomic E-state index is 0.347. The Morgan fingerprint density at radius 3 is 2.85 bits per heavy atom. The maximum atomic E-state index is 6.06. The highest BCUT2D eigenvalue weighted by Crippen LogP contribution is 2.24. The van der Waals surface area contributed by atoms with Gasteiger partial charge in [-0.05, 0) is 17.5 Å². The first kappa shape index (κ1) is 12.7. The van der Waals surface area contributed by atoms with E-state index < -0.39 is 6.04 Å². The van der Waals surface area contributed by atoms with Crippen LogP contribution < -0.4 is 10.5 Å². The second-order valence-corrected chi connectivity index (χ2v) is 4.89. The van der Waals surface area contributed by atoms with E-state index in [9.17, 15) is 0 Å². The SMILES string of the molecule is COc1ccc(-c2noc(C(N)c3cccs3)n2)nn1. The quantitative estimate of drug-likeness (QED) is 0.779. The lowest BCUT2D eigenvalue weighted by molar-refractivity contribution is 0.368. The summed E-state index contributed by atoms with van der Waals surface area (Å²) in [6.45, 7) is 0. The van der Waals surface area contributed by atoms with E-state index in [1.54, 1.807) is 12.1 Å². The third-order valence-corrected chi connectivity index (χ3v) is 3.59. The van der Waals surface area contributed by atoms with Gasteiger partial charge in [-0.2, -0.15) is 4.98 Å². The van der Waals surface area contributed by atoms with Crippen molar-refractivity contribution in [2.75, 3.05) is 7.11 Å². The lowest BCUT2D eigenvalue weighted by Gasteiger charge is -2.01. The van der Waals surface area contributed by atoms with Gasteiger partial charge in [0, 0.05) is 10.9 Å². The molecule has 1 atom stereocenters. The summed E-state index contributed by atoms with van der Waals surface area (Å²) in [4.78, 5) is 5.21. The third kappa shape index (κ3) is 2.38. The summed E-state index contributed by atoms with van der Waals surface area (Å²) in [5.41, 5.74) is 6.56. The standard InChI is InChI=1S/C12H11N5O2S/c1-18-9-5-4-7(15-16-9)11-14-12(19-17-11)10(13)8-3-2-6-20-8/h2-6,10H,13H2,1H3. The van der Waals surface area contributed by atoms with E-state index in [-0.39, 0.29) is 0 Å². The number of nitrogens with zero attached hydrogens (tertiary/aromatic N) is 4. The summed E-state index contributed by atoms with van der Waals surface area (Å²) < 4.78 is 10.1. The van der Waals surface area contributed by atoms with Crippen molar-refractivity contribution in [2.24, 2.45) is 5.73 Å². The minimum Gasteiger partial charge on any atom is -0.480 e. The Hall–Kier alpha value is -2.32. The lowest BCUT2D eigenvalue weighted by atomic mass is 10.2. The maximum Gasteiger partial charge on any atom is 0.249 e. The molecule has 0 aliphatic heterocycles. The van der Waals surface area contributed by atoms with E-state index in [0.717, 1.165) is 4.88 Å². The molecule has 7 nitrogen and oxygen atoms in total. The molecule has 0 saturated carbocycles. The zero-order valence-corrected chi connectivity index (χ0v) is 11.4. The van der Waals surface area contributed by atoms with Gasteiger partial charge in [0.15, 0.2) is 0 Å². The number of methoxy groups -OCH3 is 1. The Bertz CT molecular complexity index is 680. The number of ether oxygens (including phenoxy) is 1. The predicted molar refractivity (Wildman–Crippen MR) is 72.2 cm³/mol. The number of hydrogen-bond acceptors (Lipinski definition) is 8. The third-order valence-electron chi connectivity index (χ3n) is 2.64. The van der Waals surface area contributed by atoms with Crippen LogP contribution in [0.1, 0.15) is 16.8 Å². The van der Waals surface area contributed by atoms with E-state index in [2.05, 4.69) is 20.3 Å². The topological polar surface area (TPSA) is 100.0 Å². The van der Waals surface area contributed by atoms with Crippen LogP contribution in [0.5, 0.6) is 5.88 Å². The zero-order valence-electron chi connectivity index (χ0n) is 10.6. The zero-order chi connectivity index (χ0) is 13.9. The monoisotopic (exact) mass is 289 g/mol. The van der Waals surface area contributed by atoms with Gasteiger partial charge in [-0.25, -0.2) is 0 Å². The van der Waals surface area contributed by atoms with Crippen molar-refractivity contribution in [1.82, 2.24) is 20.3 Å². The molecule has 3 aromatic heterocycles. The van der Waals surface area contributed by atoms with Gasteiger partial charge in [0.25, 0.3) is 0 Å². The molecule has 2 N–H and O–H groups in total. The smallest absolute Gasteiger partial charge is 0.249 e. The molecule has 3 aromatic rings. The Morgan fingerprint density at radius 1 is 1.30 bits per heavy atom. The molecule has 3 rings (SSSR count). The molecule has 102 valence electrons. The van der Waals surface area contributed by atoms with Crippen LogP contribution in [0.15, 0.2) is 34.2 Å². The van der Waals surface area contributed by atoms with Gasteiger partial charge in [-0.15, -0.1) is 21.5 Å². The molecule has 0 bridgehead atoms. The molecule has 0 aliphatic carbocycles. The van der Waals surface area contributed by atoms with Gasteiger partial charge in [0.05, 0.1) is 7.11 Å². The van der Waals surface area contributed by atoms with Crippen LogP contribution in [-0.2, 0) is 0 Å². The van der Waals surface area contributed by atoms with Crippen LogP contribution in [0.4, 0.5) is 0 Å². The van der Waals surface area contributed by atoms with E-state index >= 15 is 0 Å². The molecular weight excluding hydrogens is 278 g/mol. The second-order valence-electron chi connectivity index (χ2n) is 3.91. The average molecular weight is 289 g/mol. The maximum absolute atomic E-state index is 6.06. The molecule has 0 radical (unpaired) electrons. The van der Waals surface area contributed by atoms with Gasteiger partial charge in [-0.3, -0.25) is 0 Å². The molecule has 0 amide bonds. The first-order valence-corrected chi connectivity index (χ1v) is 6.66. The summed E-state index contributed by atoms with van der Waals surface area (Å²) in [5.74, 6) is 1.12. The van der Waals surface area contributed by atoms with E-state index in [0.29, 0.717) is 23.3 Å². The van der Waals surface area contributed by atoms with Crippen molar-refractivity contribution in [3.63, 3.8) is 0 Å². The largest absolute Gasteiger partial charge is 0.480 e. The van der Waals surface area contributed by atoms with E-state index in [1.807, 2.05) is 17.5 Å². The summed E-state index contributed by atoms with van der Waals surface area (Å²) >= 11 is 1.54. The van der Waals surface area contributed by atoms with Crippen molar-refractivity contribution in [1.29, 1.82) is 0 Å². The van der Waals surface area contributed by atoms with Crippen LogP contribution in [0.2, 0.25) is 0 Å². The number of rotatable bonds is 4. The van der Waals surface area contributed by atoms with Crippen LogP contribution in [0.3, 0.4) is 0 Å². The summed E-state index contributed by atoms with van der Waals surface area (Å²) in [6, 6.07) is 6.80. The summed E-state index contributed by atoms with van der Waals surface area (Å²) in [6.07, 6.45) is 0. The van der Waals surface area contributed by atoms with Gasteiger partial charge >= 0.3 is 0 Å². The Labute approximate surface area is 118 Å². The van der Waals surface area contributed by atoms with Crippen molar-refractivity contribution in [2.45, 2.75) is 6.04 Å². The lowest BCUT2D eigenvalue weighted by Crippen LogP contribution is -2.10. The number of nitrogens with two attached hydrogens (primary N) is 1. The van der Waals surface area contributed by atoms with Gasteiger partial charge < -0.3 is 15.0 Å². The molecule has 8 heteroatoms. The fraction of sp³-hybridized carbons (Fsp3) is 0.167.